The number of hydrogen-bond acceptors (Lipinski definition) is 6. The number of rotatable bonds is 7. The van der Waals surface area contributed by atoms with Crippen molar-refractivity contribution in [3.63, 3.8) is 0 Å². The molecule has 0 saturated heterocycles. The predicted octanol–water partition coefficient (Wildman–Crippen LogP) is 3.60. The summed E-state index contributed by atoms with van der Waals surface area (Å²) in [5.74, 6) is -0.389. The van der Waals surface area contributed by atoms with Gasteiger partial charge in [-0.2, -0.15) is 10.2 Å². The molecule has 5 rings (SSSR count). The Balaban J connectivity index is 1.23. The minimum atomic E-state index is -1.16. The molecule has 4 heterocycles. The molecule has 1 saturated carbocycles. The van der Waals surface area contributed by atoms with E-state index in [1.54, 1.807) is 12.3 Å². The summed E-state index contributed by atoms with van der Waals surface area (Å²) in [4.78, 5) is 22.2. The smallest absolute Gasteiger partial charge is 0.223 e. The average Bonchev–Trinajstić information content (AvgIpc) is 3.59. The maximum absolute atomic E-state index is 13.2. The molecule has 9 nitrogen and oxygen atoms in total. The number of nitrogens with zero attached hydrogens (tertiary/aromatic N) is 5. The maximum atomic E-state index is 13.2. The van der Waals surface area contributed by atoms with Crippen LogP contribution in [0.2, 0.25) is 0 Å². The largest absolute Gasteiger partial charge is 0.384 e. The van der Waals surface area contributed by atoms with Crippen LogP contribution in [0, 0.1) is 25.6 Å². The van der Waals surface area contributed by atoms with E-state index in [-0.39, 0.29) is 17.9 Å². The van der Waals surface area contributed by atoms with E-state index in [0.29, 0.717) is 37.2 Å². The number of aliphatic hydroxyl groups is 1. The van der Waals surface area contributed by atoms with Gasteiger partial charge in [0.1, 0.15) is 5.60 Å². The van der Waals surface area contributed by atoms with Crippen molar-refractivity contribution in [3.05, 3.63) is 88.6 Å². The molecule has 4 aromatic heterocycles. The van der Waals surface area contributed by atoms with Gasteiger partial charge in [0.05, 0.1) is 29.8 Å². The zero-order chi connectivity index (χ0) is 26.2. The highest BCUT2D eigenvalue weighted by Crippen LogP contribution is 2.42. The first-order chi connectivity index (χ1) is 17.7. The van der Waals surface area contributed by atoms with Crippen LogP contribution in [0.3, 0.4) is 0 Å². The van der Waals surface area contributed by atoms with Gasteiger partial charge in [0.25, 0.3) is 0 Å². The summed E-state index contributed by atoms with van der Waals surface area (Å²) in [6.07, 6.45) is 5.93. The van der Waals surface area contributed by atoms with Crippen molar-refractivity contribution >= 4 is 5.91 Å². The van der Waals surface area contributed by atoms with Gasteiger partial charge in [-0.1, -0.05) is 6.07 Å². The number of halogens is 1. The third kappa shape index (κ3) is 5.43. The lowest BCUT2D eigenvalue weighted by atomic mass is 9.93. The Bertz CT molecular complexity index is 1410. The summed E-state index contributed by atoms with van der Waals surface area (Å²) >= 11 is 0. The van der Waals surface area contributed by atoms with Crippen molar-refractivity contribution < 1.29 is 14.3 Å². The van der Waals surface area contributed by atoms with Crippen LogP contribution < -0.4 is 5.32 Å². The van der Waals surface area contributed by atoms with Crippen LogP contribution in [-0.2, 0) is 16.8 Å². The van der Waals surface area contributed by atoms with Crippen LogP contribution in [0.15, 0.2) is 48.9 Å². The van der Waals surface area contributed by atoms with Gasteiger partial charge in [0, 0.05) is 29.9 Å². The number of carbonyl (C=O) groups excluding carboxylic acids is 1. The Hall–Kier alpha value is -3.92. The Morgan fingerprint density at radius 2 is 2.11 bits per heavy atom. The normalized spacial score (nSPS) is 20.2. The molecule has 3 N–H and O–H groups in total. The summed E-state index contributed by atoms with van der Waals surface area (Å²) in [6, 6.07) is 9.16. The van der Waals surface area contributed by atoms with Crippen LogP contribution in [0.1, 0.15) is 66.1 Å². The van der Waals surface area contributed by atoms with E-state index in [9.17, 15) is 14.3 Å². The quantitative estimate of drug-likeness (QED) is 0.354. The molecule has 37 heavy (non-hydrogen) atoms. The second kappa shape index (κ2) is 9.85. The second-order valence-corrected chi connectivity index (χ2v) is 9.99. The lowest BCUT2D eigenvalue weighted by Gasteiger charge is -2.24. The molecule has 0 aromatic carbocycles. The topological polar surface area (TPSA) is 122 Å². The molecular weight excluding hydrogens is 473 g/mol. The van der Waals surface area contributed by atoms with Crippen molar-refractivity contribution in [3.8, 4) is 5.82 Å². The van der Waals surface area contributed by atoms with Crippen LogP contribution in [0.5, 0.6) is 0 Å². The highest BCUT2D eigenvalue weighted by Gasteiger charge is 2.43. The molecule has 192 valence electrons. The number of aromatic nitrogens is 6. The molecule has 0 spiro atoms. The van der Waals surface area contributed by atoms with E-state index in [4.69, 9.17) is 4.98 Å². The first-order valence-corrected chi connectivity index (χ1v) is 12.4. The van der Waals surface area contributed by atoms with Gasteiger partial charge in [-0.25, -0.2) is 14.1 Å². The Morgan fingerprint density at radius 3 is 2.78 bits per heavy atom. The van der Waals surface area contributed by atoms with Gasteiger partial charge >= 0.3 is 0 Å². The monoisotopic (exact) mass is 503 g/mol. The Kier molecular flexibility index (Phi) is 6.59. The van der Waals surface area contributed by atoms with E-state index in [2.05, 4.69) is 25.6 Å². The second-order valence-electron chi connectivity index (χ2n) is 9.99. The zero-order valence-corrected chi connectivity index (χ0v) is 21.1. The molecule has 1 fully saturated rings. The number of aryl methyl sites for hydroxylation is 2. The lowest BCUT2D eigenvalue weighted by molar-refractivity contribution is -0.126. The third-order valence-corrected chi connectivity index (χ3v) is 6.90. The fraction of sp³-hybridized carbons (Fsp3) is 0.370. The van der Waals surface area contributed by atoms with Crippen LogP contribution in [0.25, 0.3) is 5.82 Å². The molecule has 0 unspecified atom stereocenters. The van der Waals surface area contributed by atoms with Crippen LogP contribution in [-0.4, -0.2) is 41.0 Å². The number of H-pyrrole nitrogens is 1. The number of pyridine rings is 2. The van der Waals surface area contributed by atoms with Crippen molar-refractivity contribution in [2.75, 3.05) is 0 Å². The molecule has 0 radical (unpaired) electrons. The summed E-state index contributed by atoms with van der Waals surface area (Å²) in [6.45, 7) is 5.82. The average molecular weight is 504 g/mol. The fourth-order valence-electron chi connectivity index (χ4n) is 4.93. The molecule has 3 atom stereocenters. The van der Waals surface area contributed by atoms with Crippen LogP contribution in [0.4, 0.5) is 4.39 Å². The Labute approximate surface area is 214 Å². The Morgan fingerprint density at radius 1 is 1.27 bits per heavy atom. The molecule has 10 heteroatoms. The standard InChI is InChI=1S/C27H30FN7O2/c1-16-8-22(11-23-10-17(2)33-34-23)32-24(9-16)27(37)7-6-19(12-27)26(36)31-18(3)20-4-5-25(29-13-20)35-15-21(28)14-30-35/h4-5,8-10,13-15,18-19,37H,6-7,11-12H2,1-3H3,(H,31,36)(H,33,34)/t18-,19+,27-/m0/s1. The number of carbonyl (C=O) groups is 1. The number of amides is 1. The van der Waals surface area contributed by atoms with Gasteiger partial charge in [-0.15, -0.1) is 0 Å². The molecular formula is C27H30FN7O2. The van der Waals surface area contributed by atoms with E-state index < -0.39 is 11.4 Å². The third-order valence-electron chi connectivity index (χ3n) is 6.90. The molecule has 0 bridgehead atoms. The molecule has 1 amide bonds. The lowest BCUT2D eigenvalue weighted by Crippen LogP contribution is -2.33. The van der Waals surface area contributed by atoms with Gasteiger partial charge in [-0.3, -0.25) is 14.9 Å². The molecule has 1 aliphatic rings. The van der Waals surface area contributed by atoms with E-state index in [1.807, 2.05) is 45.0 Å². The zero-order valence-electron chi connectivity index (χ0n) is 21.1. The van der Waals surface area contributed by atoms with Crippen LogP contribution >= 0.6 is 0 Å². The number of hydrogen-bond donors (Lipinski definition) is 3. The minimum Gasteiger partial charge on any atom is -0.384 e. The maximum Gasteiger partial charge on any atom is 0.223 e. The number of aromatic amines is 1. The number of nitrogens with one attached hydrogen (secondary N) is 2. The van der Waals surface area contributed by atoms with Gasteiger partial charge < -0.3 is 10.4 Å². The summed E-state index contributed by atoms with van der Waals surface area (Å²) in [5.41, 5.74) is 3.99. The van der Waals surface area contributed by atoms with Gasteiger partial charge in [0.2, 0.25) is 5.91 Å². The minimum absolute atomic E-state index is 0.110. The van der Waals surface area contributed by atoms with E-state index in [0.717, 1.165) is 34.4 Å². The van der Waals surface area contributed by atoms with Crippen molar-refractivity contribution in [1.82, 2.24) is 35.3 Å². The SMILES string of the molecule is Cc1cc(Cc2cc(C)[nH]n2)nc([C@]2(O)CC[C@@H](C(=O)N[C@@H](C)c3ccc(-n4cc(F)cn4)nc3)C2)c1. The molecule has 1 aliphatic carbocycles. The highest BCUT2D eigenvalue weighted by molar-refractivity contribution is 5.79. The first kappa shape index (κ1) is 24.8. The van der Waals surface area contributed by atoms with Crippen molar-refractivity contribution in [2.24, 2.45) is 5.92 Å². The fourth-order valence-corrected chi connectivity index (χ4v) is 4.93. The first-order valence-electron chi connectivity index (χ1n) is 12.4. The predicted molar refractivity (Wildman–Crippen MR) is 134 cm³/mol. The summed E-state index contributed by atoms with van der Waals surface area (Å²) < 4.78 is 14.6. The van der Waals surface area contributed by atoms with E-state index in [1.165, 1.54) is 10.9 Å². The summed E-state index contributed by atoms with van der Waals surface area (Å²) in [7, 11) is 0. The van der Waals surface area contributed by atoms with Crippen molar-refractivity contribution in [1.29, 1.82) is 0 Å². The van der Waals surface area contributed by atoms with Crippen molar-refractivity contribution in [2.45, 2.75) is 58.1 Å². The van der Waals surface area contributed by atoms with Gasteiger partial charge in [-0.05, 0) is 75.4 Å². The van der Waals surface area contributed by atoms with E-state index >= 15 is 0 Å². The summed E-state index contributed by atoms with van der Waals surface area (Å²) in [5, 5.41) is 25.7. The van der Waals surface area contributed by atoms with Gasteiger partial charge in [0.15, 0.2) is 11.6 Å². The highest BCUT2D eigenvalue weighted by atomic mass is 19.1. The molecule has 0 aliphatic heterocycles. The molecule has 4 aromatic rings.